The Kier molecular flexibility index (Phi) is 3.57. The van der Waals surface area contributed by atoms with Crippen LogP contribution in [0.1, 0.15) is 51.1 Å². The largest absolute Gasteiger partial charge is 0.481 e. The summed E-state index contributed by atoms with van der Waals surface area (Å²) in [6.45, 7) is 8.52. The number of aliphatic carboxylic acids is 1. The van der Waals surface area contributed by atoms with Crippen LogP contribution in [0, 0.1) is 5.41 Å². The number of aromatic nitrogens is 1. The Balaban J connectivity index is 1.75. The summed E-state index contributed by atoms with van der Waals surface area (Å²) in [6, 6.07) is 0. The number of carbonyl (C=O) groups is 2. The van der Waals surface area contributed by atoms with Crippen LogP contribution < -0.4 is 5.32 Å². The molecule has 1 saturated carbocycles. The van der Waals surface area contributed by atoms with Gasteiger partial charge in [0, 0.05) is 17.7 Å². The lowest BCUT2D eigenvalue weighted by Crippen LogP contribution is -2.55. The molecule has 23 heavy (non-hydrogen) atoms. The molecular weight excluding hydrogens is 316 g/mol. The summed E-state index contributed by atoms with van der Waals surface area (Å²) in [5.41, 5.74) is -0.886. The molecule has 4 rings (SSSR count). The molecule has 6 nitrogen and oxygen atoms in total. The van der Waals surface area contributed by atoms with Gasteiger partial charge in [-0.3, -0.25) is 14.9 Å². The fourth-order valence-electron chi connectivity index (χ4n) is 3.40. The molecule has 1 amide bonds. The van der Waals surface area contributed by atoms with Crippen LogP contribution in [-0.2, 0) is 26.2 Å². The van der Waals surface area contributed by atoms with Gasteiger partial charge in [0.2, 0.25) is 0 Å². The van der Waals surface area contributed by atoms with Crippen molar-refractivity contribution in [1.82, 2.24) is 4.98 Å². The molecule has 3 fully saturated rings. The van der Waals surface area contributed by atoms with E-state index < -0.39 is 17.0 Å². The van der Waals surface area contributed by atoms with Crippen molar-refractivity contribution in [2.45, 2.75) is 58.0 Å². The number of aryl methyl sites for hydroxylation is 1. The molecule has 1 aromatic heterocycles. The number of rotatable bonds is 4. The first-order valence-electron chi connectivity index (χ1n) is 7.81. The van der Waals surface area contributed by atoms with E-state index in [2.05, 4.69) is 31.1 Å². The van der Waals surface area contributed by atoms with Gasteiger partial charge in [-0.15, -0.1) is 11.3 Å². The van der Waals surface area contributed by atoms with Crippen molar-refractivity contribution in [2.24, 2.45) is 5.41 Å². The van der Waals surface area contributed by atoms with E-state index >= 15 is 0 Å². The van der Waals surface area contributed by atoms with Gasteiger partial charge < -0.3 is 9.84 Å². The minimum atomic E-state index is -0.988. The third-order valence-electron chi connectivity index (χ3n) is 4.67. The van der Waals surface area contributed by atoms with Gasteiger partial charge in [-0.05, 0) is 11.8 Å². The van der Waals surface area contributed by atoms with Gasteiger partial charge >= 0.3 is 5.97 Å². The second-order valence-electron chi connectivity index (χ2n) is 7.57. The zero-order valence-electron chi connectivity index (χ0n) is 13.9. The van der Waals surface area contributed by atoms with Crippen LogP contribution in [0.25, 0.3) is 0 Å². The minimum Gasteiger partial charge on any atom is -0.481 e. The molecule has 2 N–H and O–H groups in total. The SMILES string of the molecule is CCc1nc(NC(=O)C23CC(C(=O)O)(CO2)C3)sc1C(C)(C)C. The maximum atomic E-state index is 12.5. The summed E-state index contributed by atoms with van der Waals surface area (Å²) < 4.78 is 5.53. The van der Waals surface area contributed by atoms with E-state index in [1.54, 1.807) is 0 Å². The van der Waals surface area contributed by atoms with Crippen molar-refractivity contribution in [1.29, 1.82) is 0 Å². The third-order valence-corrected chi connectivity index (χ3v) is 6.11. The van der Waals surface area contributed by atoms with E-state index in [-0.39, 0.29) is 30.8 Å². The van der Waals surface area contributed by atoms with E-state index in [9.17, 15) is 14.7 Å². The van der Waals surface area contributed by atoms with Crippen LogP contribution in [0.4, 0.5) is 5.13 Å². The summed E-state index contributed by atoms with van der Waals surface area (Å²) in [5.74, 6) is -1.15. The average molecular weight is 338 g/mol. The highest BCUT2D eigenvalue weighted by molar-refractivity contribution is 7.16. The van der Waals surface area contributed by atoms with Crippen LogP contribution in [0.15, 0.2) is 0 Å². The molecule has 3 heterocycles. The molecule has 0 spiro atoms. The van der Waals surface area contributed by atoms with Crippen LogP contribution in [-0.4, -0.2) is 34.2 Å². The molecule has 3 aliphatic rings. The second-order valence-corrected chi connectivity index (χ2v) is 8.57. The van der Waals surface area contributed by atoms with Gasteiger partial charge in [-0.2, -0.15) is 0 Å². The summed E-state index contributed by atoms with van der Waals surface area (Å²) >= 11 is 1.48. The lowest BCUT2D eigenvalue weighted by atomic mass is 9.62. The van der Waals surface area contributed by atoms with Crippen molar-refractivity contribution in [3.8, 4) is 0 Å². The number of nitrogens with zero attached hydrogens (tertiary/aromatic N) is 1. The van der Waals surface area contributed by atoms with Crippen molar-refractivity contribution < 1.29 is 19.4 Å². The summed E-state index contributed by atoms with van der Waals surface area (Å²) in [4.78, 5) is 29.5. The van der Waals surface area contributed by atoms with Gasteiger partial charge in [0.05, 0.1) is 17.7 Å². The highest BCUT2D eigenvalue weighted by atomic mass is 32.1. The minimum absolute atomic E-state index is 0.0247. The zero-order valence-corrected chi connectivity index (χ0v) is 14.7. The number of carbonyl (C=O) groups excluding carboxylic acids is 1. The molecule has 2 saturated heterocycles. The molecule has 0 unspecified atom stereocenters. The van der Waals surface area contributed by atoms with E-state index in [1.165, 1.54) is 11.3 Å². The Morgan fingerprint density at radius 2 is 2.04 bits per heavy atom. The van der Waals surface area contributed by atoms with Gasteiger partial charge in [0.15, 0.2) is 5.13 Å². The fourth-order valence-corrected chi connectivity index (χ4v) is 4.51. The van der Waals surface area contributed by atoms with E-state index in [0.717, 1.165) is 17.0 Å². The monoisotopic (exact) mass is 338 g/mol. The molecule has 7 heteroatoms. The lowest BCUT2D eigenvalue weighted by Gasteiger charge is -2.39. The number of amides is 1. The molecule has 1 aliphatic carbocycles. The predicted octanol–water partition coefficient (Wildman–Crippen LogP) is 2.58. The topological polar surface area (TPSA) is 88.5 Å². The summed E-state index contributed by atoms with van der Waals surface area (Å²) in [6.07, 6.45) is 1.31. The zero-order chi connectivity index (χ0) is 17.0. The maximum absolute atomic E-state index is 12.5. The highest BCUT2D eigenvalue weighted by Gasteiger charge is 2.70. The first-order chi connectivity index (χ1) is 10.6. The van der Waals surface area contributed by atoms with Gasteiger partial charge in [-0.1, -0.05) is 27.7 Å². The molecule has 0 radical (unpaired) electrons. The Bertz CT molecular complexity index is 668. The number of carboxylic acid groups (broad SMARTS) is 1. The molecule has 2 bridgehead atoms. The van der Waals surface area contributed by atoms with Crippen molar-refractivity contribution in [3.05, 3.63) is 10.6 Å². The molecule has 0 aromatic carbocycles. The molecule has 126 valence electrons. The van der Waals surface area contributed by atoms with Gasteiger partial charge in [-0.25, -0.2) is 4.98 Å². The van der Waals surface area contributed by atoms with Gasteiger partial charge in [0.1, 0.15) is 5.60 Å². The number of nitrogens with one attached hydrogen (secondary N) is 1. The predicted molar refractivity (Wildman–Crippen MR) is 86.8 cm³/mol. The first kappa shape index (κ1) is 16.4. The highest BCUT2D eigenvalue weighted by Crippen LogP contribution is 2.58. The fraction of sp³-hybridized carbons (Fsp3) is 0.688. The van der Waals surface area contributed by atoms with Crippen molar-refractivity contribution in [2.75, 3.05) is 11.9 Å². The van der Waals surface area contributed by atoms with Crippen LogP contribution in [0.2, 0.25) is 0 Å². The Labute approximate surface area is 139 Å². The number of hydrogen-bond donors (Lipinski definition) is 2. The number of thiazole rings is 1. The van der Waals surface area contributed by atoms with Crippen molar-refractivity contribution >= 4 is 28.3 Å². The molecule has 1 aromatic rings. The number of hydrogen-bond acceptors (Lipinski definition) is 5. The Morgan fingerprint density at radius 1 is 1.39 bits per heavy atom. The van der Waals surface area contributed by atoms with Crippen LogP contribution in [0.3, 0.4) is 0 Å². The molecule has 0 atom stereocenters. The normalized spacial score (nSPS) is 29.2. The smallest absolute Gasteiger partial charge is 0.312 e. The summed E-state index contributed by atoms with van der Waals surface area (Å²) in [7, 11) is 0. The van der Waals surface area contributed by atoms with Crippen molar-refractivity contribution in [3.63, 3.8) is 0 Å². The molecule has 2 aliphatic heterocycles. The van der Waals surface area contributed by atoms with E-state index in [4.69, 9.17) is 4.74 Å². The average Bonchev–Trinajstić information content (AvgIpc) is 3.07. The van der Waals surface area contributed by atoms with Crippen LogP contribution in [0.5, 0.6) is 0 Å². The standard InChI is InChI=1S/C16H22N2O4S/c1-5-9-10(14(2,3)4)23-13(17-9)18-11(19)16-6-15(7-16,8-22-16)12(20)21/h5-8H2,1-4H3,(H,20,21)(H,17,18,19). The van der Waals surface area contributed by atoms with E-state index in [1.807, 2.05) is 6.92 Å². The number of anilines is 1. The number of fused-ring (bicyclic) bond motifs is 1. The molecular formula is C16H22N2O4S. The second kappa shape index (κ2) is 5.01. The number of ether oxygens (including phenoxy) is 1. The third kappa shape index (κ3) is 2.46. The number of carboxylic acids is 1. The Morgan fingerprint density at radius 3 is 2.48 bits per heavy atom. The lowest BCUT2D eigenvalue weighted by molar-refractivity contribution is -0.156. The quantitative estimate of drug-likeness (QED) is 0.881. The van der Waals surface area contributed by atoms with Gasteiger partial charge in [0.25, 0.3) is 5.91 Å². The summed E-state index contributed by atoms with van der Waals surface area (Å²) in [5, 5.41) is 12.6. The maximum Gasteiger partial charge on any atom is 0.312 e. The Hall–Kier alpha value is -1.47. The van der Waals surface area contributed by atoms with E-state index in [0.29, 0.717) is 5.13 Å². The first-order valence-corrected chi connectivity index (χ1v) is 8.63. The van der Waals surface area contributed by atoms with Crippen LogP contribution >= 0.6 is 11.3 Å².